The Labute approximate surface area is 119 Å². The van der Waals surface area contributed by atoms with Gasteiger partial charge in [-0.1, -0.05) is 0 Å². The normalized spacial score (nSPS) is 13.5. The third kappa shape index (κ3) is 2.45. The predicted octanol–water partition coefficient (Wildman–Crippen LogP) is 2.83. The lowest BCUT2D eigenvalue weighted by atomic mass is 10.1. The molecule has 0 bridgehead atoms. The molecule has 7 nitrogen and oxygen atoms in total. The van der Waals surface area contributed by atoms with E-state index in [1.165, 1.54) is 24.3 Å². The van der Waals surface area contributed by atoms with Crippen molar-refractivity contribution in [1.82, 2.24) is 0 Å². The number of benzene rings is 1. The molecule has 0 fully saturated rings. The van der Waals surface area contributed by atoms with Crippen LogP contribution >= 0.6 is 0 Å². The predicted molar refractivity (Wildman–Crippen MR) is 71.8 cm³/mol. The van der Waals surface area contributed by atoms with Crippen molar-refractivity contribution in [2.45, 2.75) is 6.42 Å². The monoisotopic (exact) mass is 289 g/mol. The first-order valence-electron chi connectivity index (χ1n) is 6.32. The molecule has 0 unspecified atom stereocenters. The lowest BCUT2D eigenvalue weighted by molar-refractivity contribution is -0.384. The minimum atomic E-state index is -0.521. The van der Waals surface area contributed by atoms with Crippen LogP contribution in [0, 0.1) is 10.1 Å². The standard InChI is InChI=1S/C14H11NO6/c16-8-9-2-3-12(21-9)10-6-13-14(7-11(10)15(17)18)20-5-1-4-19-13/h2-3,6-8H,1,4-5H2. The van der Waals surface area contributed by atoms with Crippen LogP contribution in [0.3, 0.4) is 0 Å². The molecule has 0 aliphatic carbocycles. The van der Waals surface area contributed by atoms with Crippen LogP contribution in [0.15, 0.2) is 28.7 Å². The van der Waals surface area contributed by atoms with E-state index in [-0.39, 0.29) is 22.8 Å². The number of ether oxygens (including phenoxy) is 2. The molecule has 0 amide bonds. The molecule has 0 spiro atoms. The van der Waals surface area contributed by atoms with Gasteiger partial charge in [0.1, 0.15) is 5.76 Å². The van der Waals surface area contributed by atoms with Crippen LogP contribution in [0.25, 0.3) is 11.3 Å². The second-order valence-corrected chi connectivity index (χ2v) is 4.44. The van der Waals surface area contributed by atoms with Crippen molar-refractivity contribution in [3.8, 4) is 22.8 Å². The number of carbonyl (C=O) groups excluding carboxylic acids is 1. The van der Waals surface area contributed by atoms with Gasteiger partial charge in [-0.05, 0) is 12.1 Å². The summed E-state index contributed by atoms with van der Waals surface area (Å²) in [6.07, 6.45) is 1.24. The van der Waals surface area contributed by atoms with E-state index in [0.717, 1.165) is 0 Å². The van der Waals surface area contributed by atoms with Crippen LogP contribution in [-0.4, -0.2) is 24.4 Å². The van der Waals surface area contributed by atoms with Gasteiger partial charge in [0, 0.05) is 12.5 Å². The number of nitrogens with zero attached hydrogens (tertiary/aromatic N) is 1. The Bertz CT molecular complexity index is 705. The molecule has 0 radical (unpaired) electrons. The molecule has 0 saturated carbocycles. The molecule has 1 aliphatic heterocycles. The van der Waals surface area contributed by atoms with Gasteiger partial charge in [0.25, 0.3) is 5.69 Å². The summed E-state index contributed by atoms with van der Waals surface area (Å²) in [4.78, 5) is 21.4. The molecule has 3 rings (SSSR count). The topological polar surface area (TPSA) is 91.8 Å². The molecule has 0 atom stereocenters. The number of aldehydes is 1. The van der Waals surface area contributed by atoms with E-state index in [1.54, 1.807) is 0 Å². The number of fused-ring (bicyclic) bond motifs is 1. The molecular formula is C14H11NO6. The first-order chi connectivity index (χ1) is 10.2. The minimum Gasteiger partial charge on any atom is -0.490 e. The zero-order valence-corrected chi connectivity index (χ0v) is 10.9. The van der Waals surface area contributed by atoms with E-state index in [4.69, 9.17) is 13.9 Å². The quantitative estimate of drug-likeness (QED) is 0.490. The van der Waals surface area contributed by atoms with Crippen LogP contribution in [0.5, 0.6) is 11.5 Å². The van der Waals surface area contributed by atoms with Crippen LogP contribution in [-0.2, 0) is 0 Å². The van der Waals surface area contributed by atoms with Crippen LogP contribution in [0.4, 0.5) is 5.69 Å². The summed E-state index contributed by atoms with van der Waals surface area (Å²) in [5, 5.41) is 11.2. The minimum absolute atomic E-state index is 0.103. The molecular weight excluding hydrogens is 278 g/mol. The number of nitro groups is 1. The van der Waals surface area contributed by atoms with E-state index >= 15 is 0 Å². The third-order valence-electron chi connectivity index (χ3n) is 3.07. The average molecular weight is 289 g/mol. The van der Waals surface area contributed by atoms with Gasteiger partial charge in [-0.25, -0.2) is 0 Å². The summed E-state index contributed by atoms with van der Waals surface area (Å²) in [6, 6.07) is 5.79. The van der Waals surface area contributed by atoms with Crippen molar-refractivity contribution in [1.29, 1.82) is 0 Å². The number of nitro benzene ring substituents is 1. The Morgan fingerprint density at radius 2 is 1.86 bits per heavy atom. The Morgan fingerprint density at radius 1 is 1.14 bits per heavy atom. The molecule has 1 aromatic carbocycles. The third-order valence-corrected chi connectivity index (χ3v) is 3.07. The SMILES string of the molecule is O=Cc1ccc(-c2cc3c(cc2[N+](=O)[O-])OCCCO3)o1. The summed E-state index contributed by atoms with van der Waals surface area (Å²) >= 11 is 0. The number of rotatable bonds is 3. The summed E-state index contributed by atoms with van der Waals surface area (Å²) in [6.45, 7) is 0.918. The lowest BCUT2D eigenvalue weighted by Gasteiger charge is -2.09. The summed E-state index contributed by atoms with van der Waals surface area (Å²) in [7, 11) is 0. The zero-order valence-electron chi connectivity index (χ0n) is 10.9. The van der Waals surface area contributed by atoms with E-state index in [2.05, 4.69) is 0 Å². The molecule has 0 saturated heterocycles. The fraction of sp³-hybridized carbons (Fsp3) is 0.214. The number of carbonyl (C=O) groups is 1. The Kier molecular flexibility index (Phi) is 3.31. The summed E-state index contributed by atoms with van der Waals surface area (Å²) in [5.74, 6) is 1.10. The molecule has 2 heterocycles. The van der Waals surface area contributed by atoms with Crippen LogP contribution in [0.1, 0.15) is 17.0 Å². The van der Waals surface area contributed by atoms with Gasteiger partial charge >= 0.3 is 0 Å². The fourth-order valence-corrected chi connectivity index (χ4v) is 2.11. The van der Waals surface area contributed by atoms with E-state index in [1.807, 2.05) is 0 Å². The lowest BCUT2D eigenvalue weighted by Crippen LogP contribution is -1.97. The summed E-state index contributed by atoms with van der Waals surface area (Å²) < 4.78 is 16.2. The van der Waals surface area contributed by atoms with E-state index < -0.39 is 4.92 Å². The first kappa shape index (κ1) is 13.2. The van der Waals surface area contributed by atoms with E-state index in [0.29, 0.717) is 37.4 Å². The molecule has 108 valence electrons. The van der Waals surface area contributed by atoms with Crippen LogP contribution in [0.2, 0.25) is 0 Å². The maximum absolute atomic E-state index is 11.2. The highest BCUT2D eigenvalue weighted by Crippen LogP contribution is 2.41. The zero-order chi connectivity index (χ0) is 14.8. The van der Waals surface area contributed by atoms with Crippen LogP contribution < -0.4 is 9.47 Å². The Morgan fingerprint density at radius 3 is 2.48 bits per heavy atom. The van der Waals surface area contributed by atoms with Crippen molar-refractivity contribution < 1.29 is 23.6 Å². The van der Waals surface area contributed by atoms with Crippen molar-refractivity contribution in [3.05, 3.63) is 40.1 Å². The number of hydrogen-bond donors (Lipinski definition) is 0. The van der Waals surface area contributed by atoms with Gasteiger partial charge in [0.2, 0.25) is 0 Å². The van der Waals surface area contributed by atoms with Gasteiger partial charge in [-0.15, -0.1) is 0 Å². The van der Waals surface area contributed by atoms with Gasteiger partial charge in [-0.2, -0.15) is 0 Å². The second kappa shape index (κ2) is 5.28. The van der Waals surface area contributed by atoms with Gasteiger partial charge in [-0.3, -0.25) is 14.9 Å². The van der Waals surface area contributed by atoms with Crippen molar-refractivity contribution in [3.63, 3.8) is 0 Å². The maximum atomic E-state index is 11.2. The Balaban J connectivity index is 2.15. The highest BCUT2D eigenvalue weighted by atomic mass is 16.6. The smallest absolute Gasteiger partial charge is 0.284 e. The van der Waals surface area contributed by atoms with Gasteiger partial charge < -0.3 is 13.9 Å². The summed E-state index contributed by atoms with van der Waals surface area (Å²) in [5.41, 5.74) is 0.0865. The van der Waals surface area contributed by atoms with Gasteiger partial charge in [0.15, 0.2) is 23.5 Å². The highest BCUT2D eigenvalue weighted by Gasteiger charge is 2.24. The van der Waals surface area contributed by atoms with Crippen molar-refractivity contribution in [2.24, 2.45) is 0 Å². The molecule has 2 aromatic rings. The van der Waals surface area contributed by atoms with Gasteiger partial charge in [0.05, 0.1) is 29.8 Å². The molecule has 7 heteroatoms. The molecule has 21 heavy (non-hydrogen) atoms. The number of hydrogen-bond acceptors (Lipinski definition) is 6. The second-order valence-electron chi connectivity index (χ2n) is 4.44. The maximum Gasteiger partial charge on any atom is 0.284 e. The largest absolute Gasteiger partial charge is 0.490 e. The number of furan rings is 1. The fourth-order valence-electron chi connectivity index (χ4n) is 2.11. The van der Waals surface area contributed by atoms with Crippen molar-refractivity contribution >= 4 is 12.0 Å². The molecule has 1 aromatic heterocycles. The molecule has 0 N–H and O–H groups in total. The first-order valence-corrected chi connectivity index (χ1v) is 6.32. The molecule has 1 aliphatic rings. The average Bonchev–Trinajstić information content (AvgIpc) is 2.84. The highest BCUT2D eigenvalue weighted by molar-refractivity contribution is 5.77. The Hall–Kier alpha value is -2.83. The van der Waals surface area contributed by atoms with E-state index in [9.17, 15) is 14.9 Å². The van der Waals surface area contributed by atoms with Crippen molar-refractivity contribution in [2.75, 3.05) is 13.2 Å².